The third-order valence-electron chi connectivity index (χ3n) is 6.76. The number of nitrogens with one attached hydrogen (secondary N) is 1. The van der Waals surface area contributed by atoms with E-state index in [0.717, 1.165) is 11.3 Å². The van der Waals surface area contributed by atoms with Gasteiger partial charge in [0.25, 0.3) is 11.8 Å². The fraction of sp³-hybridized carbons (Fsp3) is 0.286. The van der Waals surface area contributed by atoms with E-state index < -0.39 is 23.5 Å². The van der Waals surface area contributed by atoms with E-state index in [-0.39, 0.29) is 29.8 Å². The minimum Gasteiger partial charge on any atom is -0.458 e. The van der Waals surface area contributed by atoms with E-state index in [1.165, 1.54) is 0 Å². The lowest BCUT2D eigenvalue weighted by atomic mass is 9.90. The third kappa shape index (κ3) is 3.53. The van der Waals surface area contributed by atoms with Gasteiger partial charge in [0.15, 0.2) is 11.5 Å². The molecule has 0 bridgehead atoms. The quantitative estimate of drug-likeness (QED) is 0.509. The number of para-hydroxylation sites is 2. The van der Waals surface area contributed by atoms with Crippen molar-refractivity contribution in [1.82, 2.24) is 5.32 Å². The Labute approximate surface area is 213 Å². The van der Waals surface area contributed by atoms with Gasteiger partial charge in [-0.3, -0.25) is 19.9 Å². The Bertz CT molecular complexity index is 1480. The largest absolute Gasteiger partial charge is 0.458 e. The van der Waals surface area contributed by atoms with Gasteiger partial charge in [-0.05, 0) is 32.4 Å². The number of ether oxygens (including phenoxy) is 3. The second-order valence-corrected chi connectivity index (χ2v) is 10.3. The van der Waals surface area contributed by atoms with Crippen LogP contribution in [0.2, 0.25) is 0 Å². The van der Waals surface area contributed by atoms with Gasteiger partial charge in [-0.1, -0.05) is 37.3 Å². The van der Waals surface area contributed by atoms with Gasteiger partial charge in [-0.2, -0.15) is 0 Å². The zero-order chi connectivity index (χ0) is 26.1. The number of benzene rings is 2. The van der Waals surface area contributed by atoms with Crippen molar-refractivity contribution >= 4 is 34.8 Å². The minimum absolute atomic E-state index is 0.0271. The summed E-state index contributed by atoms with van der Waals surface area (Å²) in [5, 5.41) is 2.42. The number of imide groups is 1. The molecule has 2 unspecified atom stereocenters. The summed E-state index contributed by atoms with van der Waals surface area (Å²) in [7, 11) is 0. The van der Waals surface area contributed by atoms with Crippen molar-refractivity contribution in [2.75, 3.05) is 11.7 Å². The molecule has 2 aromatic carbocycles. The van der Waals surface area contributed by atoms with Gasteiger partial charge in [0.1, 0.15) is 11.6 Å². The lowest BCUT2D eigenvalue weighted by Gasteiger charge is -2.28. The number of hydrogen-bond acceptors (Lipinski definition) is 8. The van der Waals surface area contributed by atoms with Crippen LogP contribution in [0.25, 0.3) is 5.57 Å². The number of anilines is 1. The number of aliphatic imine (C=N–C) groups is 1. The molecule has 0 saturated carbocycles. The van der Waals surface area contributed by atoms with Crippen LogP contribution in [0.4, 0.5) is 5.69 Å². The first-order valence-electron chi connectivity index (χ1n) is 12.0. The molecule has 4 aliphatic heterocycles. The van der Waals surface area contributed by atoms with Crippen molar-refractivity contribution < 1.29 is 28.6 Å². The van der Waals surface area contributed by atoms with Crippen LogP contribution in [0.5, 0.6) is 11.5 Å². The van der Waals surface area contributed by atoms with Crippen molar-refractivity contribution in [3.63, 3.8) is 0 Å². The molecule has 2 amide bonds. The molecule has 4 heterocycles. The van der Waals surface area contributed by atoms with Crippen molar-refractivity contribution in [3.05, 3.63) is 71.1 Å². The molecule has 9 nitrogen and oxygen atoms in total. The smallest absolute Gasteiger partial charge is 0.330 e. The average Bonchev–Trinajstić information content (AvgIpc) is 3.46. The zero-order valence-electron chi connectivity index (χ0n) is 20.8. The number of rotatable bonds is 3. The van der Waals surface area contributed by atoms with Crippen molar-refractivity contribution in [2.24, 2.45) is 4.99 Å². The molecule has 9 heteroatoms. The number of carbonyl (C=O) groups excluding carboxylic acids is 3. The third-order valence-corrected chi connectivity index (χ3v) is 6.76. The number of fused-ring (bicyclic) bond motifs is 1. The Morgan fingerprint density at radius 2 is 1.78 bits per heavy atom. The van der Waals surface area contributed by atoms with E-state index in [1.54, 1.807) is 30.6 Å². The van der Waals surface area contributed by atoms with Crippen LogP contribution in [0.1, 0.15) is 50.3 Å². The first kappa shape index (κ1) is 23.0. The van der Waals surface area contributed by atoms with Crippen molar-refractivity contribution in [1.29, 1.82) is 0 Å². The molecule has 1 N–H and O–H groups in total. The Morgan fingerprint density at radius 3 is 2.57 bits per heavy atom. The fourth-order valence-electron chi connectivity index (χ4n) is 5.32. The summed E-state index contributed by atoms with van der Waals surface area (Å²) < 4.78 is 16.9. The van der Waals surface area contributed by atoms with E-state index in [2.05, 4.69) is 10.3 Å². The van der Waals surface area contributed by atoms with Gasteiger partial charge in [-0.25, -0.2) is 4.79 Å². The summed E-state index contributed by atoms with van der Waals surface area (Å²) in [4.78, 5) is 46.0. The normalized spacial score (nSPS) is 21.6. The van der Waals surface area contributed by atoms with Gasteiger partial charge in [0.05, 0.1) is 22.5 Å². The zero-order valence-corrected chi connectivity index (χ0v) is 20.8. The molecule has 2 atom stereocenters. The van der Waals surface area contributed by atoms with Crippen LogP contribution >= 0.6 is 0 Å². The molecule has 37 heavy (non-hydrogen) atoms. The molecule has 188 valence electrons. The lowest BCUT2D eigenvalue weighted by Crippen LogP contribution is -2.41. The Morgan fingerprint density at radius 1 is 1.05 bits per heavy atom. The second kappa shape index (κ2) is 8.06. The van der Waals surface area contributed by atoms with Crippen molar-refractivity contribution in [3.8, 4) is 11.5 Å². The highest BCUT2D eigenvalue weighted by molar-refractivity contribution is 6.48. The first-order chi connectivity index (χ1) is 17.7. The maximum atomic E-state index is 13.3. The van der Waals surface area contributed by atoms with E-state index in [0.29, 0.717) is 28.3 Å². The van der Waals surface area contributed by atoms with Gasteiger partial charge < -0.3 is 19.1 Å². The van der Waals surface area contributed by atoms with Gasteiger partial charge in [-0.15, -0.1) is 0 Å². The Balaban J connectivity index is 1.51. The molecular weight excluding hydrogens is 474 g/mol. The number of nitrogens with zero attached hydrogens (tertiary/aromatic N) is 2. The number of hydrogen-bond donors (Lipinski definition) is 1. The van der Waals surface area contributed by atoms with Gasteiger partial charge >= 0.3 is 5.97 Å². The first-order valence-corrected chi connectivity index (χ1v) is 12.0. The number of carbonyl (C=O) groups is 3. The van der Waals surface area contributed by atoms with Crippen LogP contribution in [0, 0.1) is 0 Å². The second-order valence-electron chi connectivity index (χ2n) is 10.3. The monoisotopic (exact) mass is 499 g/mol. The van der Waals surface area contributed by atoms with E-state index in [1.807, 2.05) is 50.8 Å². The SMILES string of the molecule is CC1c2cccc3c2N(C=CN=C3C2=C(c3cccc4c3OCO4)C(=O)NC2=O)C1C(=O)OC(C)(C)C. The fourth-order valence-corrected chi connectivity index (χ4v) is 5.32. The summed E-state index contributed by atoms with van der Waals surface area (Å²) in [6, 6.07) is 10.3. The van der Waals surface area contributed by atoms with Crippen LogP contribution < -0.4 is 19.7 Å². The molecule has 0 aromatic heterocycles. The molecule has 0 radical (unpaired) electrons. The van der Waals surface area contributed by atoms with Crippen LogP contribution in [0.3, 0.4) is 0 Å². The minimum atomic E-state index is -0.643. The molecule has 0 saturated heterocycles. The Hall–Kier alpha value is -4.40. The van der Waals surface area contributed by atoms with Gasteiger partial charge in [0, 0.05) is 29.4 Å². The van der Waals surface area contributed by atoms with Crippen molar-refractivity contribution in [2.45, 2.75) is 45.3 Å². The highest BCUT2D eigenvalue weighted by Gasteiger charge is 2.45. The topological polar surface area (TPSA) is 107 Å². The molecule has 0 fully saturated rings. The number of amides is 2. The average molecular weight is 500 g/mol. The predicted molar refractivity (Wildman–Crippen MR) is 135 cm³/mol. The van der Waals surface area contributed by atoms with E-state index in [4.69, 9.17) is 14.2 Å². The standard InChI is InChI=1S/C28H25N3O6/c1-14-15-7-5-9-17-21(29-11-12-31(23(15)17)22(14)27(34)37-28(2,3)4)20-19(25(32)30-26(20)33)16-8-6-10-18-24(16)36-13-35-18/h5-12,14,22H,13H2,1-4H3,(H,30,32,33). The maximum absolute atomic E-state index is 13.3. The number of esters is 1. The van der Waals surface area contributed by atoms with Crippen LogP contribution in [-0.2, 0) is 19.1 Å². The molecule has 0 aliphatic carbocycles. The molecule has 4 aliphatic rings. The molecular formula is C28H25N3O6. The molecule has 6 rings (SSSR count). The summed E-state index contributed by atoms with van der Waals surface area (Å²) in [5.41, 5.74) is 2.78. The van der Waals surface area contributed by atoms with E-state index in [9.17, 15) is 14.4 Å². The van der Waals surface area contributed by atoms with E-state index >= 15 is 0 Å². The van der Waals surface area contributed by atoms with Gasteiger partial charge in [0.2, 0.25) is 6.79 Å². The summed E-state index contributed by atoms with van der Waals surface area (Å²) in [6.45, 7) is 7.51. The summed E-state index contributed by atoms with van der Waals surface area (Å²) in [5.74, 6) is -0.706. The summed E-state index contributed by atoms with van der Waals surface area (Å²) in [6.07, 6.45) is 3.27. The predicted octanol–water partition coefficient (Wildman–Crippen LogP) is 3.43. The van der Waals surface area contributed by atoms with Crippen LogP contribution in [-0.4, -0.2) is 41.9 Å². The highest BCUT2D eigenvalue weighted by Crippen LogP contribution is 2.47. The van der Waals surface area contributed by atoms with Crippen LogP contribution in [0.15, 0.2) is 59.4 Å². The lowest BCUT2D eigenvalue weighted by molar-refractivity contribution is -0.156. The molecule has 2 aromatic rings. The summed E-state index contributed by atoms with van der Waals surface area (Å²) >= 11 is 0. The maximum Gasteiger partial charge on any atom is 0.330 e. The Kier molecular flexibility index (Phi) is 5.01. The highest BCUT2D eigenvalue weighted by atomic mass is 16.7. The molecule has 0 spiro atoms.